The van der Waals surface area contributed by atoms with Crippen molar-refractivity contribution in [2.75, 3.05) is 5.32 Å². The Kier molecular flexibility index (Phi) is 6.75. The van der Waals surface area contributed by atoms with Gasteiger partial charge in [-0.15, -0.1) is 0 Å². The highest BCUT2D eigenvalue weighted by Gasteiger charge is 2.09. The molecule has 3 aromatic rings. The van der Waals surface area contributed by atoms with Crippen molar-refractivity contribution < 1.29 is 9.59 Å². The van der Waals surface area contributed by atoms with Crippen LogP contribution in [-0.4, -0.2) is 11.8 Å². The van der Waals surface area contributed by atoms with Crippen molar-refractivity contribution in [1.29, 1.82) is 0 Å². The molecule has 0 radical (unpaired) electrons. The zero-order valence-corrected chi connectivity index (χ0v) is 17.0. The first-order valence-corrected chi connectivity index (χ1v) is 9.62. The van der Waals surface area contributed by atoms with Crippen LogP contribution in [0.4, 0.5) is 5.69 Å². The standard InChI is InChI=1S/C22H19Cl2N3O2/c1-14(11-21(28)25-17-9-10-19(23)20(24)13-17)26-27-22(29)12-16-7-4-6-15-5-2-3-8-18(15)16/h2-10,13,26H,1,11-12H2,(H,25,28)(H,27,29). The highest BCUT2D eigenvalue weighted by Crippen LogP contribution is 2.25. The fourth-order valence-corrected chi connectivity index (χ4v) is 3.14. The van der Waals surface area contributed by atoms with Crippen LogP contribution >= 0.6 is 23.2 Å². The summed E-state index contributed by atoms with van der Waals surface area (Å²) < 4.78 is 0. The first kappa shape index (κ1) is 20.7. The lowest BCUT2D eigenvalue weighted by atomic mass is 10.0. The summed E-state index contributed by atoms with van der Waals surface area (Å²) in [6.07, 6.45) is 0.186. The molecule has 0 aliphatic heterocycles. The normalized spacial score (nSPS) is 10.4. The molecule has 0 heterocycles. The number of carbonyl (C=O) groups excluding carboxylic acids is 2. The number of hydrogen-bond donors (Lipinski definition) is 3. The second kappa shape index (κ2) is 9.45. The maximum absolute atomic E-state index is 12.3. The van der Waals surface area contributed by atoms with E-state index in [0.29, 0.717) is 21.4 Å². The number of rotatable bonds is 7. The summed E-state index contributed by atoms with van der Waals surface area (Å²) in [5.74, 6) is -0.531. The van der Waals surface area contributed by atoms with E-state index < -0.39 is 0 Å². The van der Waals surface area contributed by atoms with Gasteiger partial charge in [0.1, 0.15) is 0 Å². The molecule has 2 amide bonds. The number of amides is 2. The second-order valence-electron chi connectivity index (χ2n) is 6.45. The summed E-state index contributed by atoms with van der Waals surface area (Å²) in [6, 6.07) is 18.5. The molecule has 7 heteroatoms. The van der Waals surface area contributed by atoms with Gasteiger partial charge in [0.15, 0.2) is 0 Å². The van der Waals surface area contributed by atoms with Crippen LogP contribution in [0.15, 0.2) is 72.9 Å². The van der Waals surface area contributed by atoms with Crippen molar-refractivity contribution in [1.82, 2.24) is 10.9 Å². The topological polar surface area (TPSA) is 70.2 Å². The molecular weight excluding hydrogens is 409 g/mol. The minimum atomic E-state index is -0.302. The molecule has 0 aliphatic rings. The van der Waals surface area contributed by atoms with Crippen molar-refractivity contribution in [2.45, 2.75) is 12.8 Å². The number of halogens is 2. The minimum Gasteiger partial charge on any atom is -0.326 e. The molecular formula is C22H19Cl2N3O2. The highest BCUT2D eigenvalue weighted by atomic mass is 35.5. The van der Waals surface area contributed by atoms with Gasteiger partial charge in [0, 0.05) is 11.4 Å². The van der Waals surface area contributed by atoms with Crippen LogP contribution in [-0.2, 0) is 16.0 Å². The van der Waals surface area contributed by atoms with Crippen LogP contribution in [0.3, 0.4) is 0 Å². The zero-order chi connectivity index (χ0) is 20.8. The lowest BCUT2D eigenvalue weighted by Gasteiger charge is -2.12. The highest BCUT2D eigenvalue weighted by molar-refractivity contribution is 6.42. The smallest absolute Gasteiger partial charge is 0.242 e. The molecule has 29 heavy (non-hydrogen) atoms. The number of carbonyl (C=O) groups is 2. The Balaban J connectivity index is 1.49. The Morgan fingerprint density at radius 1 is 0.862 bits per heavy atom. The Bertz CT molecular complexity index is 1080. The van der Waals surface area contributed by atoms with Gasteiger partial charge >= 0.3 is 0 Å². The molecule has 0 saturated carbocycles. The van der Waals surface area contributed by atoms with Crippen LogP contribution < -0.4 is 16.2 Å². The van der Waals surface area contributed by atoms with Gasteiger partial charge < -0.3 is 10.7 Å². The van der Waals surface area contributed by atoms with Gasteiger partial charge in [0.2, 0.25) is 11.8 Å². The molecule has 148 valence electrons. The predicted molar refractivity (Wildman–Crippen MR) is 118 cm³/mol. The summed E-state index contributed by atoms with van der Waals surface area (Å²) in [6.45, 7) is 3.76. The lowest BCUT2D eigenvalue weighted by molar-refractivity contribution is -0.121. The predicted octanol–water partition coefficient (Wildman–Crippen LogP) is 4.85. The monoisotopic (exact) mass is 427 g/mol. The maximum Gasteiger partial charge on any atom is 0.242 e. The third-order valence-electron chi connectivity index (χ3n) is 4.19. The largest absolute Gasteiger partial charge is 0.326 e. The van der Waals surface area contributed by atoms with E-state index in [4.69, 9.17) is 23.2 Å². The SMILES string of the molecule is C=C(CC(=O)Nc1ccc(Cl)c(Cl)c1)NNC(=O)Cc1cccc2ccccc12. The third kappa shape index (κ3) is 5.73. The van der Waals surface area contributed by atoms with Crippen LogP contribution in [0.5, 0.6) is 0 Å². The first-order valence-electron chi connectivity index (χ1n) is 8.86. The van der Waals surface area contributed by atoms with E-state index in [0.717, 1.165) is 16.3 Å². The number of hydrazine groups is 1. The fraction of sp³-hybridized carbons (Fsp3) is 0.0909. The molecule has 0 aromatic heterocycles. The number of benzene rings is 3. The third-order valence-corrected chi connectivity index (χ3v) is 4.93. The zero-order valence-electron chi connectivity index (χ0n) is 15.5. The molecule has 0 saturated heterocycles. The van der Waals surface area contributed by atoms with Gasteiger partial charge in [0.05, 0.1) is 22.9 Å². The van der Waals surface area contributed by atoms with E-state index in [1.54, 1.807) is 18.2 Å². The molecule has 0 atom stereocenters. The van der Waals surface area contributed by atoms with Gasteiger partial charge in [-0.25, -0.2) is 0 Å². The van der Waals surface area contributed by atoms with Crippen molar-refractivity contribution in [3.8, 4) is 0 Å². The Labute approximate surface area is 178 Å². The Morgan fingerprint density at radius 3 is 2.41 bits per heavy atom. The molecule has 0 unspecified atom stereocenters. The Hall–Kier alpha value is -3.02. The molecule has 3 rings (SSSR count). The van der Waals surface area contributed by atoms with Gasteiger partial charge in [-0.2, -0.15) is 0 Å². The van der Waals surface area contributed by atoms with Crippen molar-refractivity contribution in [3.05, 3.63) is 88.5 Å². The number of anilines is 1. The summed E-state index contributed by atoms with van der Waals surface area (Å²) in [5.41, 5.74) is 7.06. The molecule has 3 N–H and O–H groups in total. The number of fused-ring (bicyclic) bond motifs is 1. The molecule has 0 spiro atoms. The second-order valence-corrected chi connectivity index (χ2v) is 7.26. The minimum absolute atomic E-state index is 0.0191. The average molecular weight is 428 g/mol. The summed E-state index contributed by atoms with van der Waals surface area (Å²) in [7, 11) is 0. The van der Waals surface area contributed by atoms with Crippen LogP contribution in [0.1, 0.15) is 12.0 Å². The van der Waals surface area contributed by atoms with E-state index in [2.05, 4.69) is 22.7 Å². The average Bonchev–Trinajstić information content (AvgIpc) is 2.69. The van der Waals surface area contributed by atoms with Crippen molar-refractivity contribution in [3.63, 3.8) is 0 Å². The van der Waals surface area contributed by atoms with Gasteiger partial charge in [0.25, 0.3) is 0 Å². The van der Waals surface area contributed by atoms with Crippen molar-refractivity contribution >= 4 is 51.5 Å². The summed E-state index contributed by atoms with van der Waals surface area (Å²) in [5, 5.41) is 5.56. The van der Waals surface area contributed by atoms with E-state index in [9.17, 15) is 9.59 Å². The van der Waals surface area contributed by atoms with E-state index in [-0.39, 0.29) is 24.7 Å². The summed E-state index contributed by atoms with van der Waals surface area (Å²) in [4.78, 5) is 24.4. The molecule has 0 aliphatic carbocycles. The lowest BCUT2D eigenvalue weighted by Crippen LogP contribution is -2.38. The van der Waals surface area contributed by atoms with E-state index in [1.807, 2.05) is 42.5 Å². The summed E-state index contributed by atoms with van der Waals surface area (Å²) >= 11 is 11.8. The maximum atomic E-state index is 12.3. The molecule has 0 fully saturated rings. The quantitative estimate of drug-likeness (QED) is 0.471. The van der Waals surface area contributed by atoms with Crippen molar-refractivity contribution in [2.24, 2.45) is 0 Å². The van der Waals surface area contributed by atoms with Gasteiger partial charge in [-0.05, 0) is 34.5 Å². The number of hydrogen-bond acceptors (Lipinski definition) is 3. The van der Waals surface area contributed by atoms with Gasteiger partial charge in [-0.1, -0.05) is 72.2 Å². The van der Waals surface area contributed by atoms with Gasteiger partial charge in [-0.3, -0.25) is 15.0 Å². The van der Waals surface area contributed by atoms with E-state index >= 15 is 0 Å². The van der Waals surface area contributed by atoms with Crippen LogP contribution in [0.2, 0.25) is 10.0 Å². The first-order chi connectivity index (χ1) is 13.9. The molecule has 5 nitrogen and oxygen atoms in total. The van der Waals surface area contributed by atoms with E-state index in [1.165, 1.54) is 0 Å². The van der Waals surface area contributed by atoms with Crippen LogP contribution in [0, 0.1) is 0 Å². The Morgan fingerprint density at radius 2 is 1.62 bits per heavy atom. The number of nitrogens with one attached hydrogen (secondary N) is 3. The molecule has 3 aromatic carbocycles. The van der Waals surface area contributed by atoms with Crippen LogP contribution in [0.25, 0.3) is 10.8 Å². The fourth-order valence-electron chi connectivity index (χ4n) is 2.84. The molecule has 0 bridgehead atoms.